The van der Waals surface area contributed by atoms with Gasteiger partial charge in [-0.2, -0.15) is 0 Å². The van der Waals surface area contributed by atoms with Gasteiger partial charge in [-0.3, -0.25) is 14.6 Å². The Labute approximate surface area is 107 Å². The average Bonchev–Trinajstić information content (AvgIpc) is 2.41. The summed E-state index contributed by atoms with van der Waals surface area (Å²) >= 11 is 0. The van der Waals surface area contributed by atoms with Crippen molar-refractivity contribution in [3.8, 4) is 0 Å². The minimum Gasteiger partial charge on any atom is -0.480 e. The SMILES string of the molecule is O=C(O)C1(C(=O)c2cc(F)ccc2F)C=CN=CC1. The lowest BCUT2D eigenvalue weighted by Crippen LogP contribution is -2.39. The number of aliphatic carboxylic acids is 1. The predicted molar refractivity (Wildman–Crippen MR) is 63.0 cm³/mol. The Balaban J connectivity index is 2.52. The molecule has 4 nitrogen and oxygen atoms in total. The molecule has 19 heavy (non-hydrogen) atoms. The minimum absolute atomic E-state index is 0.201. The molecule has 1 heterocycles. The molecule has 0 spiro atoms. The van der Waals surface area contributed by atoms with Crippen LogP contribution in [-0.4, -0.2) is 23.1 Å². The maximum Gasteiger partial charge on any atom is 0.321 e. The van der Waals surface area contributed by atoms with Gasteiger partial charge in [-0.1, -0.05) is 0 Å². The number of carbonyl (C=O) groups excluding carboxylic acids is 1. The van der Waals surface area contributed by atoms with Gasteiger partial charge >= 0.3 is 5.97 Å². The molecule has 0 radical (unpaired) electrons. The Kier molecular flexibility index (Phi) is 3.25. The first-order valence-corrected chi connectivity index (χ1v) is 5.40. The molecule has 1 aromatic rings. The monoisotopic (exact) mass is 265 g/mol. The van der Waals surface area contributed by atoms with Crippen LogP contribution in [0.3, 0.4) is 0 Å². The molecule has 98 valence electrons. The average molecular weight is 265 g/mol. The number of carbonyl (C=O) groups is 2. The largest absolute Gasteiger partial charge is 0.480 e. The second-order valence-electron chi connectivity index (χ2n) is 4.08. The number of carboxylic acids is 1. The Morgan fingerprint density at radius 3 is 2.63 bits per heavy atom. The first kappa shape index (κ1) is 13.1. The maximum atomic E-state index is 13.6. The molecule has 1 aliphatic heterocycles. The van der Waals surface area contributed by atoms with Gasteiger partial charge in [-0.05, 0) is 24.3 Å². The second-order valence-corrected chi connectivity index (χ2v) is 4.08. The van der Waals surface area contributed by atoms with Gasteiger partial charge < -0.3 is 5.11 Å². The lowest BCUT2D eigenvalue weighted by molar-refractivity contribution is -0.143. The topological polar surface area (TPSA) is 66.7 Å². The van der Waals surface area contributed by atoms with Crippen LogP contribution in [0.4, 0.5) is 8.78 Å². The third-order valence-electron chi connectivity index (χ3n) is 2.92. The summed E-state index contributed by atoms with van der Waals surface area (Å²) in [4.78, 5) is 27.3. The van der Waals surface area contributed by atoms with E-state index in [0.29, 0.717) is 6.07 Å². The van der Waals surface area contributed by atoms with Gasteiger partial charge in [-0.15, -0.1) is 0 Å². The van der Waals surface area contributed by atoms with E-state index in [1.165, 1.54) is 6.21 Å². The van der Waals surface area contributed by atoms with E-state index in [0.717, 1.165) is 24.4 Å². The van der Waals surface area contributed by atoms with Crippen molar-refractivity contribution in [3.63, 3.8) is 0 Å². The summed E-state index contributed by atoms with van der Waals surface area (Å²) in [6.07, 6.45) is 3.30. The molecule has 1 aromatic carbocycles. The Morgan fingerprint density at radius 1 is 1.32 bits per heavy atom. The standard InChI is InChI=1S/C13H9F2NO3/c14-8-1-2-10(15)9(7-8)11(17)13(12(18)19)3-5-16-6-4-13/h1-3,5-7H,4H2,(H,18,19). The number of rotatable bonds is 3. The molecule has 0 bridgehead atoms. The highest BCUT2D eigenvalue weighted by atomic mass is 19.1. The van der Waals surface area contributed by atoms with Crippen molar-refractivity contribution in [2.24, 2.45) is 10.4 Å². The highest BCUT2D eigenvalue weighted by molar-refractivity contribution is 6.15. The molecule has 2 rings (SSSR count). The number of aliphatic imine (C=N–C) groups is 1. The van der Waals surface area contributed by atoms with Gasteiger partial charge in [0.05, 0.1) is 5.56 Å². The fourth-order valence-corrected chi connectivity index (χ4v) is 1.83. The van der Waals surface area contributed by atoms with Crippen molar-refractivity contribution in [3.05, 3.63) is 47.7 Å². The normalized spacial score (nSPS) is 21.4. The third-order valence-corrected chi connectivity index (χ3v) is 2.92. The molecule has 1 N–H and O–H groups in total. The lowest BCUT2D eigenvalue weighted by Gasteiger charge is -2.24. The molecule has 6 heteroatoms. The van der Waals surface area contributed by atoms with Crippen LogP contribution >= 0.6 is 0 Å². The van der Waals surface area contributed by atoms with Crippen LogP contribution in [0.15, 0.2) is 35.5 Å². The number of hydrogen-bond donors (Lipinski definition) is 1. The molecule has 0 aromatic heterocycles. The molecule has 1 unspecified atom stereocenters. The smallest absolute Gasteiger partial charge is 0.321 e. The molecular formula is C13H9F2NO3. The van der Waals surface area contributed by atoms with E-state index >= 15 is 0 Å². The van der Waals surface area contributed by atoms with Gasteiger partial charge in [0.1, 0.15) is 11.6 Å². The Morgan fingerprint density at radius 2 is 2.05 bits per heavy atom. The number of ketones is 1. The van der Waals surface area contributed by atoms with Crippen molar-refractivity contribution in [2.45, 2.75) is 6.42 Å². The highest BCUT2D eigenvalue weighted by Crippen LogP contribution is 2.32. The van der Waals surface area contributed by atoms with Crippen molar-refractivity contribution >= 4 is 18.0 Å². The first-order valence-electron chi connectivity index (χ1n) is 5.40. The summed E-state index contributed by atoms with van der Waals surface area (Å²) in [6.45, 7) is 0. The fourth-order valence-electron chi connectivity index (χ4n) is 1.83. The number of hydrogen-bond acceptors (Lipinski definition) is 3. The van der Waals surface area contributed by atoms with E-state index in [2.05, 4.69) is 4.99 Å². The number of carboxylic acid groups (broad SMARTS) is 1. The van der Waals surface area contributed by atoms with Crippen LogP contribution in [-0.2, 0) is 4.79 Å². The molecule has 1 aliphatic rings. The molecule has 0 saturated carbocycles. The zero-order valence-electron chi connectivity index (χ0n) is 9.64. The fraction of sp³-hybridized carbons (Fsp3) is 0.154. The molecule has 0 fully saturated rings. The highest BCUT2D eigenvalue weighted by Gasteiger charge is 2.45. The number of Topliss-reactive ketones (excluding diaryl/α,β-unsaturated/α-hetero) is 1. The number of halogens is 2. The Hall–Kier alpha value is -2.37. The summed E-state index contributed by atoms with van der Waals surface area (Å²) < 4.78 is 26.7. The molecular weight excluding hydrogens is 256 g/mol. The predicted octanol–water partition coefficient (Wildman–Crippen LogP) is 2.21. The third kappa shape index (κ3) is 2.16. The van der Waals surface area contributed by atoms with Gasteiger partial charge in [-0.25, -0.2) is 8.78 Å². The zero-order chi connectivity index (χ0) is 14.0. The summed E-state index contributed by atoms with van der Waals surface area (Å²) in [5.74, 6) is -4.19. The van der Waals surface area contributed by atoms with Crippen molar-refractivity contribution in [2.75, 3.05) is 0 Å². The summed E-state index contributed by atoms with van der Waals surface area (Å²) in [5.41, 5.74) is -2.52. The van der Waals surface area contributed by atoms with Gasteiger partial charge in [0.15, 0.2) is 11.2 Å². The van der Waals surface area contributed by atoms with Crippen LogP contribution in [0.25, 0.3) is 0 Å². The number of nitrogens with zero attached hydrogens (tertiary/aromatic N) is 1. The molecule has 0 saturated heterocycles. The molecule has 1 atom stereocenters. The van der Waals surface area contributed by atoms with Gasteiger partial charge in [0.2, 0.25) is 0 Å². The van der Waals surface area contributed by atoms with E-state index < -0.39 is 34.4 Å². The molecule has 0 aliphatic carbocycles. The zero-order valence-corrected chi connectivity index (χ0v) is 9.64. The minimum atomic E-state index is -1.93. The van der Waals surface area contributed by atoms with E-state index in [-0.39, 0.29) is 6.42 Å². The van der Waals surface area contributed by atoms with Crippen molar-refractivity contribution in [1.29, 1.82) is 0 Å². The van der Waals surface area contributed by atoms with Gasteiger partial charge in [0.25, 0.3) is 0 Å². The summed E-state index contributed by atoms with van der Waals surface area (Å²) in [6, 6.07) is 2.35. The maximum absolute atomic E-state index is 13.6. The lowest BCUT2D eigenvalue weighted by atomic mass is 9.77. The Bertz CT molecular complexity index is 610. The second kappa shape index (κ2) is 4.72. The van der Waals surface area contributed by atoms with E-state index in [1.54, 1.807) is 0 Å². The van der Waals surface area contributed by atoms with E-state index in [9.17, 15) is 23.5 Å². The molecule has 0 amide bonds. The first-order chi connectivity index (χ1) is 8.97. The van der Waals surface area contributed by atoms with Crippen molar-refractivity contribution in [1.82, 2.24) is 0 Å². The summed E-state index contributed by atoms with van der Waals surface area (Å²) in [7, 11) is 0. The van der Waals surface area contributed by atoms with Crippen molar-refractivity contribution < 1.29 is 23.5 Å². The quantitative estimate of drug-likeness (QED) is 0.673. The van der Waals surface area contributed by atoms with Crippen LogP contribution < -0.4 is 0 Å². The van der Waals surface area contributed by atoms with E-state index in [1.807, 2.05) is 0 Å². The van der Waals surface area contributed by atoms with Crippen LogP contribution in [0, 0.1) is 17.0 Å². The van der Waals surface area contributed by atoms with Crippen LogP contribution in [0.5, 0.6) is 0 Å². The summed E-state index contributed by atoms with van der Waals surface area (Å²) in [5, 5.41) is 9.23. The van der Waals surface area contributed by atoms with E-state index in [4.69, 9.17) is 0 Å². The van der Waals surface area contributed by atoms with Crippen LogP contribution in [0.2, 0.25) is 0 Å². The number of benzene rings is 1. The van der Waals surface area contributed by atoms with Gasteiger partial charge in [0, 0.05) is 18.8 Å². The van der Waals surface area contributed by atoms with Crippen LogP contribution in [0.1, 0.15) is 16.8 Å².